The van der Waals surface area contributed by atoms with Crippen molar-refractivity contribution >= 4 is 41.1 Å². The Balaban J connectivity index is 1.87. The van der Waals surface area contributed by atoms with E-state index < -0.39 is 5.97 Å². The summed E-state index contributed by atoms with van der Waals surface area (Å²) in [5.74, 6) is 0.0587. The van der Waals surface area contributed by atoms with Crippen LogP contribution in [0.2, 0.25) is 5.02 Å². The van der Waals surface area contributed by atoms with Gasteiger partial charge in [0.25, 0.3) is 0 Å². The molecule has 2 N–H and O–H groups in total. The number of halogens is 1. The van der Waals surface area contributed by atoms with Crippen LogP contribution in [0, 0.1) is 0 Å². The Bertz CT molecular complexity index is 1080. The van der Waals surface area contributed by atoms with Crippen LogP contribution >= 0.6 is 23.4 Å². The zero-order valence-electron chi connectivity index (χ0n) is 17.4. The summed E-state index contributed by atoms with van der Waals surface area (Å²) in [6.45, 7) is 5.90. The molecule has 0 amide bonds. The number of hydrogen-bond acceptors (Lipinski definition) is 6. The second-order valence-electron chi connectivity index (χ2n) is 6.49. The first-order chi connectivity index (χ1) is 14.9. The van der Waals surface area contributed by atoms with E-state index in [0.717, 1.165) is 36.1 Å². The van der Waals surface area contributed by atoms with Gasteiger partial charge in [-0.05, 0) is 68.1 Å². The smallest absolute Gasteiger partial charge is 0.342 e. The van der Waals surface area contributed by atoms with E-state index >= 15 is 0 Å². The van der Waals surface area contributed by atoms with E-state index in [9.17, 15) is 9.90 Å². The molecule has 9 heteroatoms. The van der Waals surface area contributed by atoms with Crippen LogP contribution in [0.5, 0.6) is 5.75 Å². The molecule has 0 fully saturated rings. The number of nitrogens with one attached hydrogen (secondary N) is 1. The number of rotatable bonds is 9. The molecule has 3 aromatic rings. The molecule has 0 atom stereocenters. The van der Waals surface area contributed by atoms with E-state index in [4.69, 9.17) is 16.3 Å². The second-order valence-corrected chi connectivity index (χ2v) is 7.93. The average molecular weight is 459 g/mol. The quantitative estimate of drug-likeness (QED) is 0.336. The van der Waals surface area contributed by atoms with Crippen molar-refractivity contribution in [2.45, 2.75) is 19.0 Å². The lowest BCUT2D eigenvalue weighted by atomic mass is 10.1. The first-order valence-electron chi connectivity index (χ1n) is 9.69. The molecule has 3 rings (SSSR count). The van der Waals surface area contributed by atoms with Gasteiger partial charge < -0.3 is 14.7 Å². The number of carbonyl (C=O) groups is 1. The van der Waals surface area contributed by atoms with Crippen molar-refractivity contribution in [1.29, 1.82) is 0 Å². The molecule has 7 nitrogen and oxygen atoms in total. The third-order valence-corrected chi connectivity index (χ3v) is 5.76. The SMILES string of the molecule is CCN(CC)c1ccc(/C=C(\Sc2n[nH]c(-c3ccc(Cl)cc3)n2)C(=O)O)c(OC)c1. The van der Waals surface area contributed by atoms with Gasteiger partial charge in [0.2, 0.25) is 5.16 Å². The fourth-order valence-corrected chi connectivity index (χ4v) is 3.83. The number of aromatic nitrogens is 3. The summed E-state index contributed by atoms with van der Waals surface area (Å²) in [4.78, 5) is 18.5. The number of nitrogens with zero attached hydrogens (tertiary/aromatic N) is 3. The fourth-order valence-electron chi connectivity index (χ4n) is 3.01. The molecule has 0 aliphatic carbocycles. The van der Waals surface area contributed by atoms with Crippen molar-refractivity contribution in [3.05, 3.63) is 58.0 Å². The molecule has 0 unspecified atom stereocenters. The highest BCUT2D eigenvalue weighted by atomic mass is 35.5. The van der Waals surface area contributed by atoms with Crippen LogP contribution in [0.3, 0.4) is 0 Å². The zero-order chi connectivity index (χ0) is 22.4. The number of anilines is 1. The van der Waals surface area contributed by atoms with Crippen LogP contribution in [-0.2, 0) is 4.79 Å². The molecule has 0 aliphatic rings. The lowest BCUT2D eigenvalue weighted by molar-refractivity contribution is -0.131. The van der Waals surface area contributed by atoms with Crippen LogP contribution in [-0.4, -0.2) is 46.5 Å². The molecule has 0 spiro atoms. The van der Waals surface area contributed by atoms with Crippen molar-refractivity contribution in [3.63, 3.8) is 0 Å². The van der Waals surface area contributed by atoms with E-state index in [0.29, 0.717) is 27.3 Å². The summed E-state index contributed by atoms with van der Waals surface area (Å²) in [6.07, 6.45) is 1.57. The number of carboxylic acids is 1. The number of hydrogen-bond donors (Lipinski definition) is 2. The average Bonchev–Trinajstić information content (AvgIpc) is 3.23. The maximum absolute atomic E-state index is 11.9. The second kappa shape index (κ2) is 10.4. The van der Waals surface area contributed by atoms with Gasteiger partial charge in [0.1, 0.15) is 10.7 Å². The van der Waals surface area contributed by atoms with E-state index in [1.165, 1.54) is 0 Å². The van der Waals surface area contributed by atoms with Gasteiger partial charge in [-0.1, -0.05) is 11.6 Å². The monoisotopic (exact) mass is 458 g/mol. The maximum Gasteiger partial charge on any atom is 0.342 e. The number of aromatic amines is 1. The first-order valence-corrected chi connectivity index (χ1v) is 10.9. The summed E-state index contributed by atoms with van der Waals surface area (Å²) in [5.41, 5.74) is 2.49. The highest BCUT2D eigenvalue weighted by molar-refractivity contribution is 8.04. The third kappa shape index (κ3) is 5.59. The molecule has 2 aromatic carbocycles. The van der Waals surface area contributed by atoms with E-state index in [2.05, 4.69) is 33.9 Å². The Kier molecular flexibility index (Phi) is 7.59. The molecular weight excluding hydrogens is 436 g/mol. The molecule has 0 radical (unpaired) electrons. The van der Waals surface area contributed by atoms with Crippen LogP contribution in [0.1, 0.15) is 19.4 Å². The summed E-state index contributed by atoms with van der Waals surface area (Å²) in [5, 5.41) is 17.6. The number of benzene rings is 2. The number of aliphatic carboxylic acids is 1. The van der Waals surface area contributed by atoms with Crippen molar-refractivity contribution in [2.75, 3.05) is 25.1 Å². The first kappa shape index (κ1) is 22.7. The van der Waals surface area contributed by atoms with Gasteiger partial charge in [-0.25, -0.2) is 9.78 Å². The van der Waals surface area contributed by atoms with Crippen molar-refractivity contribution in [3.8, 4) is 17.1 Å². The molecule has 1 aromatic heterocycles. The van der Waals surface area contributed by atoms with Gasteiger partial charge in [-0.15, -0.1) is 5.10 Å². The Hall–Kier alpha value is -2.97. The fraction of sp³-hybridized carbons (Fsp3) is 0.227. The lowest BCUT2D eigenvalue weighted by Gasteiger charge is -2.22. The van der Waals surface area contributed by atoms with Crippen LogP contribution in [0.25, 0.3) is 17.5 Å². The summed E-state index contributed by atoms with van der Waals surface area (Å²) >= 11 is 6.88. The molecule has 1 heterocycles. The summed E-state index contributed by atoms with van der Waals surface area (Å²) in [7, 11) is 1.57. The molecule has 162 valence electrons. The number of H-pyrrole nitrogens is 1. The maximum atomic E-state index is 11.9. The minimum atomic E-state index is -1.07. The third-order valence-electron chi connectivity index (χ3n) is 4.63. The number of methoxy groups -OCH3 is 1. The summed E-state index contributed by atoms with van der Waals surface area (Å²) in [6, 6.07) is 12.9. The van der Waals surface area contributed by atoms with E-state index in [1.807, 2.05) is 30.3 Å². The van der Waals surface area contributed by atoms with Gasteiger partial charge in [-0.2, -0.15) is 0 Å². The molecule has 0 saturated heterocycles. The minimum Gasteiger partial charge on any atom is -0.496 e. The Morgan fingerprint density at radius 1 is 1.23 bits per heavy atom. The standard InChI is InChI=1S/C22H23ClN4O3S/c1-4-27(5-2)17-11-8-15(18(13-17)30-3)12-19(21(28)29)31-22-24-20(25-26-22)14-6-9-16(23)10-7-14/h6-13H,4-5H2,1-3H3,(H,28,29)(H,24,25,26)/b19-12-. The highest BCUT2D eigenvalue weighted by Crippen LogP contribution is 2.32. The van der Waals surface area contributed by atoms with E-state index in [-0.39, 0.29) is 4.91 Å². The van der Waals surface area contributed by atoms with Crippen molar-refractivity contribution in [1.82, 2.24) is 15.2 Å². The van der Waals surface area contributed by atoms with Crippen molar-refractivity contribution in [2.24, 2.45) is 0 Å². The van der Waals surface area contributed by atoms with Gasteiger partial charge in [0.15, 0.2) is 5.82 Å². The molecule has 0 aliphatic heterocycles. The number of ether oxygens (including phenoxy) is 1. The van der Waals surface area contributed by atoms with Crippen LogP contribution < -0.4 is 9.64 Å². The van der Waals surface area contributed by atoms with Gasteiger partial charge in [0.05, 0.1) is 7.11 Å². The van der Waals surface area contributed by atoms with Gasteiger partial charge in [0, 0.05) is 41.0 Å². The largest absolute Gasteiger partial charge is 0.496 e. The number of thioether (sulfide) groups is 1. The number of carboxylic acid groups (broad SMARTS) is 1. The minimum absolute atomic E-state index is 0.0792. The Morgan fingerprint density at radius 2 is 1.94 bits per heavy atom. The summed E-state index contributed by atoms with van der Waals surface area (Å²) < 4.78 is 5.51. The highest BCUT2D eigenvalue weighted by Gasteiger charge is 2.16. The van der Waals surface area contributed by atoms with Crippen LogP contribution in [0.15, 0.2) is 52.5 Å². The van der Waals surface area contributed by atoms with Gasteiger partial charge in [-0.3, -0.25) is 5.10 Å². The molecular formula is C22H23ClN4O3S. The normalized spacial score (nSPS) is 11.4. The van der Waals surface area contributed by atoms with Gasteiger partial charge >= 0.3 is 5.97 Å². The van der Waals surface area contributed by atoms with Crippen LogP contribution in [0.4, 0.5) is 5.69 Å². The molecule has 31 heavy (non-hydrogen) atoms. The van der Waals surface area contributed by atoms with Crippen molar-refractivity contribution < 1.29 is 14.6 Å². The topological polar surface area (TPSA) is 91.3 Å². The van der Waals surface area contributed by atoms with E-state index in [1.54, 1.807) is 25.3 Å². The predicted octanol–water partition coefficient (Wildman–Crippen LogP) is 5.20. The molecule has 0 saturated carbocycles. The lowest BCUT2D eigenvalue weighted by Crippen LogP contribution is -2.21. The zero-order valence-corrected chi connectivity index (χ0v) is 19.0. The Labute approximate surface area is 190 Å². The predicted molar refractivity (Wildman–Crippen MR) is 125 cm³/mol. The Morgan fingerprint density at radius 3 is 2.55 bits per heavy atom. The molecule has 0 bridgehead atoms.